The summed E-state index contributed by atoms with van der Waals surface area (Å²) in [6.07, 6.45) is 6.24. The SMILES string of the molecule is CC1(CC23CCC(CC(N)C2)N3)COC1. The van der Waals surface area contributed by atoms with Crippen molar-refractivity contribution < 1.29 is 4.74 Å². The van der Waals surface area contributed by atoms with Crippen LogP contribution in [0.2, 0.25) is 0 Å². The van der Waals surface area contributed by atoms with Crippen LogP contribution in [-0.2, 0) is 4.74 Å². The molecule has 3 unspecified atom stereocenters. The molecule has 0 amide bonds. The van der Waals surface area contributed by atoms with E-state index in [2.05, 4.69) is 12.2 Å². The summed E-state index contributed by atoms with van der Waals surface area (Å²) in [6.45, 7) is 4.23. The maximum Gasteiger partial charge on any atom is 0.0542 e. The topological polar surface area (TPSA) is 47.3 Å². The van der Waals surface area contributed by atoms with Crippen LogP contribution in [0.5, 0.6) is 0 Å². The van der Waals surface area contributed by atoms with Crippen molar-refractivity contribution in [1.29, 1.82) is 0 Å². The Hall–Kier alpha value is -0.120. The van der Waals surface area contributed by atoms with Gasteiger partial charge in [-0.15, -0.1) is 0 Å². The first-order valence-corrected chi connectivity index (χ1v) is 6.20. The molecule has 3 aliphatic rings. The minimum Gasteiger partial charge on any atom is -0.380 e. The van der Waals surface area contributed by atoms with Crippen LogP contribution in [0.4, 0.5) is 0 Å². The second-order valence-corrected chi connectivity index (χ2v) is 6.34. The standard InChI is InChI=1S/C12H22N2O/c1-11(7-15-8-11)6-12-3-2-10(14-12)4-9(13)5-12/h9-10,14H,2-8,13H2,1H3. The van der Waals surface area contributed by atoms with Crippen molar-refractivity contribution in [3.63, 3.8) is 0 Å². The molecule has 0 aromatic rings. The Morgan fingerprint density at radius 1 is 1.47 bits per heavy atom. The summed E-state index contributed by atoms with van der Waals surface area (Å²) in [7, 11) is 0. The van der Waals surface area contributed by atoms with Gasteiger partial charge >= 0.3 is 0 Å². The normalized spacial score (nSPS) is 47.6. The molecule has 86 valence electrons. The number of hydrogen-bond acceptors (Lipinski definition) is 3. The number of hydrogen-bond donors (Lipinski definition) is 2. The maximum absolute atomic E-state index is 6.15. The molecule has 3 heteroatoms. The van der Waals surface area contributed by atoms with Crippen molar-refractivity contribution in [3.05, 3.63) is 0 Å². The zero-order valence-corrected chi connectivity index (χ0v) is 9.59. The Bertz CT molecular complexity index is 264. The van der Waals surface area contributed by atoms with Crippen molar-refractivity contribution in [1.82, 2.24) is 5.32 Å². The fourth-order valence-electron chi connectivity index (χ4n) is 3.90. The third kappa shape index (κ3) is 1.71. The molecule has 3 aliphatic heterocycles. The molecule has 3 heterocycles. The molecule has 2 bridgehead atoms. The molecule has 0 saturated carbocycles. The molecule has 0 aromatic heterocycles. The highest BCUT2D eigenvalue weighted by Gasteiger charge is 2.49. The average molecular weight is 210 g/mol. The van der Waals surface area contributed by atoms with Gasteiger partial charge in [0.25, 0.3) is 0 Å². The monoisotopic (exact) mass is 210 g/mol. The van der Waals surface area contributed by atoms with E-state index in [1.165, 1.54) is 32.1 Å². The van der Waals surface area contributed by atoms with E-state index in [0.717, 1.165) is 13.2 Å². The number of piperidine rings is 1. The summed E-state index contributed by atoms with van der Waals surface area (Å²) >= 11 is 0. The Labute approximate surface area is 91.7 Å². The van der Waals surface area contributed by atoms with Gasteiger partial charge in [0.1, 0.15) is 0 Å². The number of nitrogens with one attached hydrogen (secondary N) is 1. The van der Waals surface area contributed by atoms with Crippen molar-refractivity contribution in [3.8, 4) is 0 Å². The Morgan fingerprint density at radius 3 is 2.93 bits per heavy atom. The van der Waals surface area contributed by atoms with Gasteiger partial charge < -0.3 is 15.8 Å². The molecule has 0 radical (unpaired) electrons. The lowest BCUT2D eigenvalue weighted by molar-refractivity contribution is -0.118. The molecule has 15 heavy (non-hydrogen) atoms. The average Bonchev–Trinajstić information content (AvgIpc) is 2.39. The van der Waals surface area contributed by atoms with E-state index in [0.29, 0.717) is 23.0 Å². The summed E-state index contributed by atoms with van der Waals surface area (Å²) in [5, 5.41) is 3.82. The van der Waals surface area contributed by atoms with Gasteiger partial charge in [-0.2, -0.15) is 0 Å². The largest absolute Gasteiger partial charge is 0.380 e. The minimum absolute atomic E-state index is 0.348. The highest BCUT2D eigenvalue weighted by Crippen LogP contribution is 2.45. The molecule has 3 N–H and O–H groups in total. The number of ether oxygens (including phenoxy) is 1. The van der Waals surface area contributed by atoms with Crippen molar-refractivity contribution >= 4 is 0 Å². The highest BCUT2D eigenvalue weighted by molar-refractivity contribution is 5.08. The fourth-order valence-corrected chi connectivity index (χ4v) is 3.90. The lowest BCUT2D eigenvalue weighted by atomic mass is 9.72. The third-order valence-electron chi connectivity index (χ3n) is 4.39. The minimum atomic E-state index is 0.348. The van der Waals surface area contributed by atoms with Gasteiger partial charge in [0.2, 0.25) is 0 Å². The fraction of sp³-hybridized carbons (Fsp3) is 1.00. The van der Waals surface area contributed by atoms with Crippen LogP contribution in [0.3, 0.4) is 0 Å². The predicted molar refractivity (Wildman–Crippen MR) is 59.6 cm³/mol. The van der Waals surface area contributed by atoms with Gasteiger partial charge in [0.05, 0.1) is 13.2 Å². The van der Waals surface area contributed by atoms with E-state index < -0.39 is 0 Å². The summed E-state index contributed by atoms with van der Waals surface area (Å²) < 4.78 is 5.35. The van der Waals surface area contributed by atoms with Crippen molar-refractivity contribution in [2.24, 2.45) is 11.1 Å². The van der Waals surface area contributed by atoms with E-state index in [4.69, 9.17) is 10.5 Å². The van der Waals surface area contributed by atoms with Gasteiger partial charge in [-0.25, -0.2) is 0 Å². The van der Waals surface area contributed by atoms with Gasteiger partial charge in [0.15, 0.2) is 0 Å². The first kappa shape index (κ1) is 10.1. The maximum atomic E-state index is 6.15. The van der Waals surface area contributed by atoms with Crippen LogP contribution in [0, 0.1) is 5.41 Å². The summed E-state index contributed by atoms with van der Waals surface area (Å²) in [5.41, 5.74) is 6.91. The van der Waals surface area contributed by atoms with E-state index in [1.54, 1.807) is 0 Å². The Morgan fingerprint density at radius 2 is 2.27 bits per heavy atom. The van der Waals surface area contributed by atoms with Gasteiger partial charge in [-0.3, -0.25) is 0 Å². The summed E-state index contributed by atoms with van der Waals surface area (Å²) in [4.78, 5) is 0. The first-order chi connectivity index (χ1) is 7.09. The molecular formula is C12H22N2O. The molecule has 3 nitrogen and oxygen atoms in total. The number of rotatable bonds is 2. The third-order valence-corrected chi connectivity index (χ3v) is 4.39. The number of nitrogens with two attached hydrogens (primary N) is 1. The highest BCUT2D eigenvalue weighted by atomic mass is 16.5. The smallest absolute Gasteiger partial charge is 0.0542 e. The van der Waals surface area contributed by atoms with Crippen LogP contribution < -0.4 is 11.1 Å². The van der Waals surface area contributed by atoms with E-state index >= 15 is 0 Å². The quantitative estimate of drug-likeness (QED) is 0.715. The molecule has 3 rings (SSSR count). The number of fused-ring (bicyclic) bond motifs is 2. The van der Waals surface area contributed by atoms with Crippen molar-refractivity contribution in [2.75, 3.05) is 13.2 Å². The lowest BCUT2D eigenvalue weighted by Crippen LogP contribution is -2.57. The Balaban J connectivity index is 1.72. The second kappa shape index (κ2) is 3.19. The van der Waals surface area contributed by atoms with Gasteiger partial charge in [-0.1, -0.05) is 6.92 Å². The first-order valence-electron chi connectivity index (χ1n) is 6.20. The molecule has 3 saturated heterocycles. The van der Waals surface area contributed by atoms with Crippen LogP contribution >= 0.6 is 0 Å². The lowest BCUT2D eigenvalue weighted by Gasteiger charge is -2.47. The van der Waals surface area contributed by atoms with Crippen LogP contribution in [0.15, 0.2) is 0 Å². The summed E-state index contributed by atoms with van der Waals surface area (Å²) in [5.74, 6) is 0. The Kier molecular flexibility index (Phi) is 2.14. The zero-order chi connectivity index (χ0) is 10.5. The molecule has 3 fully saturated rings. The van der Waals surface area contributed by atoms with Gasteiger partial charge in [0, 0.05) is 23.0 Å². The van der Waals surface area contributed by atoms with E-state index in [9.17, 15) is 0 Å². The van der Waals surface area contributed by atoms with Crippen LogP contribution in [-0.4, -0.2) is 30.8 Å². The molecule has 3 atom stereocenters. The van der Waals surface area contributed by atoms with Crippen LogP contribution in [0.1, 0.15) is 39.0 Å². The molecular weight excluding hydrogens is 188 g/mol. The summed E-state index contributed by atoms with van der Waals surface area (Å²) in [6, 6.07) is 1.11. The van der Waals surface area contributed by atoms with Crippen molar-refractivity contribution in [2.45, 2.75) is 56.7 Å². The molecule has 0 spiro atoms. The predicted octanol–water partition coefficient (Wildman–Crippen LogP) is 1.02. The molecule has 0 aromatic carbocycles. The van der Waals surface area contributed by atoms with E-state index in [-0.39, 0.29) is 0 Å². The van der Waals surface area contributed by atoms with Gasteiger partial charge in [-0.05, 0) is 32.1 Å². The zero-order valence-electron chi connectivity index (χ0n) is 9.59. The second-order valence-electron chi connectivity index (χ2n) is 6.34. The van der Waals surface area contributed by atoms with Crippen LogP contribution in [0.25, 0.3) is 0 Å². The molecule has 0 aliphatic carbocycles. The van der Waals surface area contributed by atoms with E-state index in [1.807, 2.05) is 0 Å².